The number of fused-ring (bicyclic) bond motifs is 2. The molecule has 1 N–H and O–H groups in total. The molecule has 0 aromatic carbocycles. The average molecular weight is 325 g/mol. The van der Waals surface area contributed by atoms with Gasteiger partial charge in [-0.15, -0.1) is 23.2 Å². The molecule has 3 fully saturated rings. The van der Waals surface area contributed by atoms with Gasteiger partial charge in [-0.2, -0.15) is 0 Å². The largest absolute Gasteiger partial charge is 0.310 e. The van der Waals surface area contributed by atoms with E-state index in [0.29, 0.717) is 29.5 Å². The smallest absolute Gasteiger partial charge is 0.229 e. The summed E-state index contributed by atoms with van der Waals surface area (Å²) >= 11 is 12.6. The van der Waals surface area contributed by atoms with Crippen molar-refractivity contribution in [2.75, 3.05) is 5.32 Å². The first-order valence-corrected chi connectivity index (χ1v) is 8.44. The van der Waals surface area contributed by atoms with E-state index < -0.39 is 4.33 Å². The predicted octanol–water partition coefficient (Wildman–Crippen LogP) is 3.88. The van der Waals surface area contributed by atoms with Crippen molar-refractivity contribution in [2.24, 2.45) is 29.6 Å². The monoisotopic (exact) mass is 324 g/mol. The summed E-state index contributed by atoms with van der Waals surface area (Å²) in [5.41, 5.74) is 0. The molecule has 1 heterocycles. The maximum absolute atomic E-state index is 12.4. The third-order valence-electron chi connectivity index (χ3n) is 5.54. The van der Waals surface area contributed by atoms with Crippen LogP contribution < -0.4 is 5.32 Å². The number of carbonyl (C=O) groups is 1. The molecule has 0 radical (unpaired) electrons. The summed E-state index contributed by atoms with van der Waals surface area (Å²) in [6, 6.07) is 5.55. The Morgan fingerprint density at radius 3 is 2.38 bits per heavy atom. The van der Waals surface area contributed by atoms with Gasteiger partial charge in [0.2, 0.25) is 5.91 Å². The number of rotatable bonds is 2. The Bertz CT molecular complexity index is 541. The molecule has 3 nitrogen and oxygen atoms in total. The molecule has 3 saturated carbocycles. The topological polar surface area (TPSA) is 42.0 Å². The third-order valence-corrected chi connectivity index (χ3v) is 6.66. The highest BCUT2D eigenvalue weighted by molar-refractivity contribution is 6.51. The number of halogens is 2. The van der Waals surface area contributed by atoms with E-state index in [0.717, 1.165) is 25.7 Å². The minimum atomic E-state index is -0.484. The van der Waals surface area contributed by atoms with Crippen LogP contribution in [0.15, 0.2) is 24.4 Å². The normalized spacial score (nSPS) is 39.2. The van der Waals surface area contributed by atoms with Crippen LogP contribution in [0.4, 0.5) is 5.82 Å². The van der Waals surface area contributed by atoms with E-state index in [9.17, 15) is 4.79 Å². The molecule has 0 spiro atoms. The highest BCUT2D eigenvalue weighted by Gasteiger charge is 2.65. The molecule has 0 saturated heterocycles. The van der Waals surface area contributed by atoms with Crippen molar-refractivity contribution in [3.63, 3.8) is 0 Å². The summed E-state index contributed by atoms with van der Waals surface area (Å²) in [6.45, 7) is 0. The maximum Gasteiger partial charge on any atom is 0.229 e. The SMILES string of the molecule is O=C(Nc1ccccn1)C1[C@@H]2CC[C@@H]3[C@H](CC[C@@H]12)C3(Cl)Cl. The summed E-state index contributed by atoms with van der Waals surface area (Å²) < 4.78 is -0.484. The van der Waals surface area contributed by atoms with Crippen LogP contribution in [0.5, 0.6) is 0 Å². The average Bonchev–Trinajstić information content (AvgIpc) is 3.24. The third kappa shape index (κ3) is 2.35. The Morgan fingerprint density at radius 1 is 1.14 bits per heavy atom. The Hall–Kier alpha value is -0.800. The fourth-order valence-electron chi connectivity index (χ4n) is 4.26. The molecule has 0 bridgehead atoms. The van der Waals surface area contributed by atoms with Crippen LogP contribution in [0.1, 0.15) is 25.7 Å². The van der Waals surface area contributed by atoms with E-state index in [1.54, 1.807) is 6.20 Å². The number of anilines is 1. The molecule has 1 aromatic rings. The van der Waals surface area contributed by atoms with Gasteiger partial charge < -0.3 is 5.32 Å². The molecule has 3 aliphatic rings. The summed E-state index contributed by atoms with van der Waals surface area (Å²) in [4.78, 5) is 16.5. The van der Waals surface area contributed by atoms with E-state index >= 15 is 0 Å². The van der Waals surface area contributed by atoms with Crippen molar-refractivity contribution in [3.8, 4) is 0 Å². The van der Waals surface area contributed by atoms with Gasteiger partial charge in [0.05, 0.1) is 0 Å². The van der Waals surface area contributed by atoms with Crippen LogP contribution in [-0.4, -0.2) is 15.2 Å². The molecule has 5 atom stereocenters. The molecule has 3 aliphatic carbocycles. The van der Waals surface area contributed by atoms with Gasteiger partial charge in [0.25, 0.3) is 0 Å². The van der Waals surface area contributed by atoms with E-state index in [1.165, 1.54) is 0 Å². The Morgan fingerprint density at radius 2 is 1.81 bits per heavy atom. The quantitative estimate of drug-likeness (QED) is 0.839. The zero-order valence-corrected chi connectivity index (χ0v) is 13.1. The van der Waals surface area contributed by atoms with Crippen molar-refractivity contribution in [1.82, 2.24) is 4.98 Å². The minimum absolute atomic E-state index is 0.127. The van der Waals surface area contributed by atoms with Gasteiger partial charge >= 0.3 is 0 Å². The molecule has 112 valence electrons. The van der Waals surface area contributed by atoms with Crippen LogP contribution in [-0.2, 0) is 4.79 Å². The molecule has 0 aliphatic heterocycles. The van der Waals surface area contributed by atoms with Crippen LogP contribution in [0.2, 0.25) is 0 Å². The second-order valence-electron chi connectivity index (χ2n) is 6.60. The number of pyridine rings is 1. The zero-order valence-electron chi connectivity index (χ0n) is 11.6. The lowest BCUT2D eigenvalue weighted by atomic mass is 10.0. The van der Waals surface area contributed by atoms with Crippen molar-refractivity contribution >= 4 is 34.9 Å². The molecule has 1 unspecified atom stereocenters. The standard InChI is InChI=1S/C16H18Cl2N2O/c17-16(18)11-6-4-9-10(5-7-12(11)16)14(9)15(21)20-13-3-1-2-8-19-13/h1-3,8-12,14H,4-7H2,(H,19,20,21)/t9-,10-,11-,12+,14?/m1/s1. The van der Waals surface area contributed by atoms with Gasteiger partial charge in [0.15, 0.2) is 0 Å². The minimum Gasteiger partial charge on any atom is -0.310 e. The summed E-state index contributed by atoms with van der Waals surface area (Å²) in [5, 5.41) is 2.94. The molecule has 1 aromatic heterocycles. The number of nitrogens with one attached hydrogen (secondary N) is 1. The predicted molar refractivity (Wildman–Crippen MR) is 83.2 cm³/mol. The fraction of sp³-hybridized carbons (Fsp3) is 0.625. The van der Waals surface area contributed by atoms with Crippen LogP contribution in [0.25, 0.3) is 0 Å². The zero-order chi connectivity index (χ0) is 14.6. The summed E-state index contributed by atoms with van der Waals surface area (Å²) in [6.07, 6.45) is 5.97. The van der Waals surface area contributed by atoms with Gasteiger partial charge in [-0.3, -0.25) is 4.79 Å². The number of hydrogen-bond acceptors (Lipinski definition) is 2. The highest BCUT2D eigenvalue weighted by Crippen LogP contribution is 2.67. The van der Waals surface area contributed by atoms with Gasteiger partial charge in [-0.25, -0.2) is 4.98 Å². The molecule has 21 heavy (non-hydrogen) atoms. The van der Waals surface area contributed by atoms with Gasteiger partial charge in [-0.1, -0.05) is 6.07 Å². The summed E-state index contributed by atoms with van der Waals surface area (Å²) in [5.74, 6) is 2.85. The molecule has 4 rings (SSSR count). The van der Waals surface area contributed by atoms with Crippen molar-refractivity contribution < 1.29 is 4.79 Å². The number of aromatic nitrogens is 1. The maximum atomic E-state index is 12.4. The van der Waals surface area contributed by atoms with E-state index in [2.05, 4.69) is 10.3 Å². The number of alkyl halides is 2. The Kier molecular flexibility index (Phi) is 3.20. The van der Waals surface area contributed by atoms with E-state index in [4.69, 9.17) is 23.2 Å². The molecule has 5 heteroatoms. The molecule has 1 amide bonds. The molecular formula is C16H18Cl2N2O. The number of amides is 1. The Balaban J connectivity index is 1.38. The molecular weight excluding hydrogens is 307 g/mol. The second-order valence-corrected chi connectivity index (χ2v) is 8.04. The van der Waals surface area contributed by atoms with Gasteiger partial charge in [0.1, 0.15) is 10.2 Å². The first kappa shape index (κ1) is 13.8. The van der Waals surface area contributed by atoms with Crippen molar-refractivity contribution in [3.05, 3.63) is 24.4 Å². The highest BCUT2D eigenvalue weighted by atomic mass is 35.5. The Labute approximate surface area is 134 Å². The van der Waals surface area contributed by atoms with E-state index in [1.807, 2.05) is 18.2 Å². The van der Waals surface area contributed by atoms with Crippen LogP contribution >= 0.6 is 23.2 Å². The van der Waals surface area contributed by atoms with Gasteiger partial charge in [0, 0.05) is 12.1 Å². The number of carbonyl (C=O) groups excluding carboxylic acids is 1. The lowest BCUT2D eigenvalue weighted by Crippen LogP contribution is -2.16. The lowest BCUT2D eigenvalue weighted by Gasteiger charge is -2.03. The fourth-order valence-corrected chi connectivity index (χ4v) is 5.18. The van der Waals surface area contributed by atoms with Crippen molar-refractivity contribution in [2.45, 2.75) is 30.0 Å². The first-order valence-electron chi connectivity index (χ1n) is 7.68. The van der Waals surface area contributed by atoms with E-state index in [-0.39, 0.29) is 11.8 Å². The van der Waals surface area contributed by atoms with Crippen LogP contribution in [0.3, 0.4) is 0 Å². The number of nitrogens with zero attached hydrogens (tertiary/aromatic N) is 1. The lowest BCUT2D eigenvalue weighted by molar-refractivity contribution is -0.117. The van der Waals surface area contributed by atoms with Crippen LogP contribution in [0, 0.1) is 29.6 Å². The van der Waals surface area contributed by atoms with Gasteiger partial charge in [-0.05, 0) is 61.5 Å². The van der Waals surface area contributed by atoms with Crippen molar-refractivity contribution in [1.29, 1.82) is 0 Å². The second kappa shape index (κ2) is 4.85. The number of hydrogen-bond donors (Lipinski definition) is 1. The first-order chi connectivity index (χ1) is 10.1. The summed E-state index contributed by atoms with van der Waals surface area (Å²) in [7, 11) is 0.